The molecule has 2 heterocycles. The van der Waals surface area contributed by atoms with E-state index in [-0.39, 0.29) is 18.2 Å². The van der Waals surface area contributed by atoms with Gasteiger partial charge in [-0.05, 0) is 48.2 Å². The summed E-state index contributed by atoms with van der Waals surface area (Å²) < 4.78 is 19.8. The predicted octanol–water partition coefficient (Wildman–Crippen LogP) is 4.00. The maximum atomic E-state index is 13.0. The molecule has 0 saturated carbocycles. The van der Waals surface area contributed by atoms with Crippen LogP contribution in [0.15, 0.2) is 72.1 Å². The Morgan fingerprint density at radius 3 is 2.53 bits per heavy atom. The first-order valence-electron chi connectivity index (χ1n) is 9.81. The highest BCUT2D eigenvalue weighted by Crippen LogP contribution is 2.25. The number of ether oxygens (including phenoxy) is 1. The van der Waals surface area contributed by atoms with Crippen LogP contribution >= 0.6 is 11.3 Å². The highest BCUT2D eigenvalue weighted by atomic mass is 32.1. The monoisotopic (exact) mass is 450 g/mol. The molecule has 0 fully saturated rings. The number of aromatic nitrogens is 3. The third-order valence-corrected chi connectivity index (χ3v) is 5.43. The van der Waals surface area contributed by atoms with E-state index in [1.54, 1.807) is 16.8 Å². The molecular weight excluding hydrogens is 431 g/mol. The van der Waals surface area contributed by atoms with E-state index >= 15 is 0 Å². The van der Waals surface area contributed by atoms with Crippen LogP contribution in [0.4, 0.5) is 4.39 Å². The molecule has 2 aromatic heterocycles. The number of rotatable bonds is 7. The van der Waals surface area contributed by atoms with Crippen LogP contribution in [0.5, 0.6) is 0 Å². The molecule has 0 aliphatic carbocycles. The normalized spacial score (nSPS) is 11.7. The standard InChI is InChI=1S/C23H19FN4O3S/c1-15(22(29)25-14-16-9-11-17(24)12-10-16)31-23(30)20-26-21(19-8-5-13-32-19)28(27-20)18-6-3-2-4-7-18/h2-13,15H,14H2,1H3,(H,25,29). The van der Waals surface area contributed by atoms with Crippen molar-refractivity contribution in [2.45, 2.75) is 19.6 Å². The van der Waals surface area contributed by atoms with Gasteiger partial charge >= 0.3 is 5.97 Å². The lowest BCUT2D eigenvalue weighted by Crippen LogP contribution is -2.35. The second-order valence-corrected chi connectivity index (χ2v) is 7.82. The maximum absolute atomic E-state index is 13.0. The maximum Gasteiger partial charge on any atom is 0.379 e. The molecule has 1 unspecified atom stereocenters. The zero-order chi connectivity index (χ0) is 22.5. The highest BCUT2D eigenvalue weighted by Gasteiger charge is 2.24. The molecule has 1 amide bonds. The van der Waals surface area contributed by atoms with Gasteiger partial charge in [0.1, 0.15) is 5.82 Å². The Morgan fingerprint density at radius 2 is 1.84 bits per heavy atom. The molecule has 4 aromatic rings. The van der Waals surface area contributed by atoms with Crippen LogP contribution in [-0.2, 0) is 16.1 Å². The predicted molar refractivity (Wildman–Crippen MR) is 118 cm³/mol. The fourth-order valence-corrected chi connectivity index (χ4v) is 3.61. The summed E-state index contributed by atoms with van der Waals surface area (Å²) in [6.45, 7) is 1.65. The van der Waals surface area contributed by atoms with Crippen molar-refractivity contribution in [2.24, 2.45) is 0 Å². The number of halogens is 1. The number of amides is 1. The van der Waals surface area contributed by atoms with Gasteiger partial charge in [-0.1, -0.05) is 36.4 Å². The second-order valence-electron chi connectivity index (χ2n) is 6.88. The van der Waals surface area contributed by atoms with Crippen molar-refractivity contribution in [1.29, 1.82) is 0 Å². The molecule has 0 saturated heterocycles. The number of thiophene rings is 1. The SMILES string of the molecule is CC(OC(=O)c1nc(-c2cccs2)n(-c2ccccc2)n1)C(=O)NCc1ccc(F)cc1. The number of benzene rings is 2. The summed E-state index contributed by atoms with van der Waals surface area (Å²) >= 11 is 1.47. The highest BCUT2D eigenvalue weighted by molar-refractivity contribution is 7.13. The van der Waals surface area contributed by atoms with E-state index < -0.39 is 18.0 Å². The van der Waals surface area contributed by atoms with Crippen molar-refractivity contribution in [2.75, 3.05) is 0 Å². The van der Waals surface area contributed by atoms with E-state index in [4.69, 9.17) is 4.74 Å². The first-order chi connectivity index (χ1) is 15.5. The lowest BCUT2D eigenvalue weighted by molar-refractivity contribution is -0.129. The Hall–Kier alpha value is -3.85. The summed E-state index contributed by atoms with van der Waals surface area (Å²) in [5.74, 6) is -1.28. The average Bonchev–Trinajstić information content (AvgIpc) is 3.49. The number of nitrogens with zero attached hydrogens (tertiary/aromatic N) is 3. The summed E-state index contributed by atoms with van der Waals surface area (Å²) in [5, 5.41) is 8.89. The Bertz CT molecular complexity index is 1210. The minimum Gasteiger partial charge on any atom is -0.447 e. The molecule has 2 aromatic carbocycles. The lowest BCUT2D eigenvalue weighted by Gasteiger charge is -2.12. The Labute approximate surface area is 187 Å². The van der Waals surface area contributed by atoms with Crippen LogP contribution in [0.2, 0.25) is 0 Å². The van der Waals surface area contributed by atoms with Crippen LogP contribution < -0.4 is 5.32 Å². The second kappa shape index (κ2) is 9.52. The van der Waals surface area contributed by atoms with Crippen LogP contribution in [-0.4, -0.2) is 32.7 Å². The number of hydrogen-bond acceptors (Lipinski definition) is 6. The molecule has 9 heteroatoms. The van der Waals surface area contributed by atoms with E-state index in [0.29, 0.717) is 5.82 Å². The van der Waals surface area contributed by atoms with Gasteiger partial charge in [0.25, 0.3) is 11.7 Å². The summed E-state index contributed by atoms with van der Waals surface area (Å²) in [5.41, 5.74) is 1.47. The quantitative estimate of drug-likeness (QED) is 0.430. The molecule has 0 aliphatic heterocycles. The van der Waals surface area contributed by atoms with E-state index in [1.807, 2.05) is 47.8 Å². The lowest BCUT2D eigenvalue weighted by atomic mass is 10.2. The zero-order valence-corrected chi connectivity index (χ0v) is 17.9. The van der Waals surface area contributed by atoms with Gasteiger partial charge in [-0.3, -0.25) is 4.79 Å². The topological polar surface area (TPSA) is 86.1 Å². The molecule has 7 nitrogen and oxygen atoms in total. The van der Waals surface area contributed by atoms with Gasteiger partial charge < -0.3 is 10.1 Å². The van der Waals surface area contributed by atoms with Gasteiger partial charge in [-0.2, -0.15) is 4.98 Å². The van der Waals surface area contributed by atoms with Gasteiger partial charge in [-0.25, -0.2) is 13.9 Å². The minimum atomic E-state index is -1.06. The molecule has 162 valence electrons. The fraction of sp³-hybridized carbons (Fsp3) is 0.130. The smallest absolute Gasteiger partial charge is 0.379 e. The molecule has 0 aliphatic rings. The Morgan fingerprint density at radius 1 is 1.09 bits per heavy atom. The number of carbonyl (C=O) groups is 2. The number of esters is 1. The van der Waals surface area contributed by atoms with Crippen LogP contribution in [0, 0.1) is 5.82 Å². The van der Waals surface area contributed by atoms with E-state index in [2.05, 4.69) is 15.4 Å². The largest absolute Gasteiger partial charge is 0.447 e. The van der Waals surface area contributed by atoms with Gasteiger partial charge in [0, 0.05) is 6.54 Å². The number of nitrogens with one attached hydrogen (secondary N) is 1. The molecule has 0 radical (unpaired) electrons. The van der Waals surface area contributed by atoms with Gasteiger partial charge in [-0.15, -0.1) is 16.4 Å². The molecule has 1 N–H and O–H groups in total. The summed E-state index contributed by atoms with van der Waals surface area (Å²) in [6, 6.07) is 18.8. The van der Waals surface area contributed by atoms with Gasteiger partial charge in [0.15, 0.2) is 11.9 Å². The number of hydrogen-bond donors (Lipinski definition) is 1. The van der Waals surface area contributed by atoms with Crippen molar-refractivity contribution in [3.63, 3.8) is 0 Å². The minimum absolute atomic E-state index is 0.143. The van der Waals surface area contributed by atoms with E-state index in [0.717, 1.165) is 16.1 Å². The average molecular weight is 450 g/mol. The first-order valence-corrected chi connectivity index (χ1v) is 10.7. The molecule has 32 heavy (non-hydrogen) atoms. The van der Waals surface area contributed by atoms with Crippen molar-refractivity contribution in [3.8, 4) is 16.4 Å². The molecule has 1 atom stereocenters. The summed E-state index contributed by atoms with van der Waals surface area (Å²) in [7, 11) is 0. The molecule has 0 spiro atoms. The van der Waals surface area contributed by atoms with Gasteiger partial charge in [0.05, 0.1) is 10.6 Å². The summed E-state index contributed by atoms with van der Waals surface area (Å²) in [4.78, 5) is 30.2. The fourth-order valence-electron chi connectivity index (χ4n) is 2.92. The Balaban J connectivity index is 1.47. The third-order valence-electron chi connectivity index (χ3n) is 4.57. The number of para-hydroxylation sites is 1. The van der Waals surface area contributed by atoms with Gasteiger partial charge in [0.2, 0.25) is 0 Å². The number of carbonyl (C=O) groups excluding carboxylic acids is 2. The van der Waals surface area contributed by atoms with Crippen LogP contribution in [0.25, 0.3) is 16.4 Å². The van der Waals surface area contributed by atoms with E-state index in [1.165, 1.54) is 30.4 Å². The zero-order valence-electron chi connectivity index (χ0n) is 17.1. The first kappa shape index (κ1) is 21.4. The van der Waals surface area contributed by atoms with Crippen molar-refractivity contribution >= 4 is 23.2 Å². The Kier molecular flexibility index (Phi) is 6.37. The molecule has 0 bridgehead atoms. The third kappa shape index (κ3) is 4.89. The summed E-state index contributed by atoms with van der Waals surface area (Å²) in [6.07, 6.45) is -1.06. The van der Waals surface area contributed by atoms with Crippen molar-refractivity contribution in [1.82, 2.24) is 20.1 Å². The molecule has 4 rings (SSSR count). The molecular formula is C23H19FN4O3S. The van der Waals surface area contributed by atoms with Crippen LogP contribution in [0.3, 0.4) is 0 Å². The van der Waals surface area contributed by atoms with Crippen LogP contribution in [0.1, 0.15) is 23.1 Å². The van der Waals surface area contributed by atoms with Crippen molar-refractivity contribution in [3.05, 3.63) is 89.3 Å². The van der Waals surface area contributed by atoms with E-state index in [9.17, 15) is 14.0 Å². The van der Waals surface area contributed by atoms with Crippen molar-refractivity contribution < 1.29 is 18.7 Å².